The quantitative estimate of drug-likeness (QED) is 0.262. The summed E-state index contributed by atoms with van der Waals surface area (Å²) in [5.74, 6) is 1.10. The van der Waals surface area contributed by atoms with Crippen molar-refractivity contribution in [1.82, 2.24) is 14.9 Å². The van der Waals surface area contributed by atoms with Gasteiger partial charge < -0.3 is 31.0 Å². The van der Waals surface area contributed by atoms with E-state index in [0.717, 1.165) is 71.3 Å². The third-order valence-corrected chi connectivity index (χ3v) is 7.20. The molecule has 2 aromatic heterocycles. The zero-order chi connectivity index (χ0) is 26.8. The molecule has 0 saturated carbocycles. The number of primary amides is 1. The molecule has 38 heavy (non-hydrogen) atoms. The molecule has 9 heteroatoms. The fraction of sp³-hybridized carbons (Fsp3) is 0.310. The van der Waals surface area contributed by atoms with Crippen LogP contribution in [0.3, 0.4) is 0 Å². The summed E-state index contributed by atoms with van der Waals surface area (Å²) in [4.78, 5) is 24.7. The van der Waals surface area contributed by atoms with E-state index in [4.69, 9.17) is 10.5 Å². The number of nitrogens with two attached hydrogens (primary N) is 1. The molecule has 5 N–H and O–H groups in total. The lowest BCUT2D eigenvalue weighted by molar-refractivity contribution is 0.100. The lowest BCUT2D eigenvalue weighted by atomic mass is 10.1. The number of anilines is 5. The minimum atomic E-state index is -0.473. The highest BCUT2D eigenvalue weighted by Crippen LogP contribution is 2.35. The zero-order valence-corrected chi connectivity index (χ0v) is 22.3. The molecule has 0 atom stereocenters. The second-order valence-corrected chi connectivity index (χ2v) is 9.94. The largest absolute Gasteiger partial charge is 0.494 e. The molecular formula is C29H35N7O2. The van der Waals surface area contributed by atoms with Crippen molar-refractivity contribution in [3.63, 3.8) is 0 Å². The maximum atomic E-state index is 12.1. The van der Waals surface area contributed by atoms with Crippen LogP contribution in [0, 0.1) is 6.92 Å². The number of hydrogen-bond acceptors (Lipinski definition) is 7. The predicted molar refractivity (Wildman–Crippen MR) is 154 cm³/mol. The minimum Gasteiger partial charge on any atom is -0.494 e. The molecule has 0 unspecified atom stereocenters. The number of methoxy groups -OCH3 is 1. The van der Waals surface area contributed by atoms with Crippen LogP contribution in [0.4, 0.5) is 28.6 Å². The highest BCUT2D eigenvalue weighted by atomic mass is 16.5. The van der Waals surface area contributed by atoms with E-state index >= 15 is 0 Å². The Morgan fingerprint density at radius 1 is 1.03 bits per heavy atom. The number of piperazine rings is 1. The molecule has 1 saturated heterocycles. The number of ether oxygens (including phenoxy) is 1. The van der Waals surface area contributed by atoms with Crippen molar-refractivity contribution < 1.29 is 9.53 Å². The van der Waals surface area contributed by atoms with Gasteiger partial charge in [-0.1, -0.05) is 12.1 Å². The second kappa shape index (κ2) is 10.6. The third kappa shape index (κ3) is 5.10. The Labute approximate surface area is 223 Å². The number of rotatable bonds is 8. The molecule has 9 nitrogen and oxygen atoms in total. The molecular weight excluding hydrogens is 478 g/mol. The molecule has 5 rings (SSSR count). The number of nitrogens with one attached hydrogen (secondary N) is 3. The van der Waals surface area contributed by atoms with Crippen LogP contribution in [0.1, 0.15) is 29.8 Å². The Bertz CT molecular complexity index is 1450. The van der Waals surface area contributed by atoms with Crippen LogP contribution in [-0.2, 0) is 0 Å². The van der Waals surface area contributed by atoms with Gasteiger partial charge in [-0.25, -0.2) is 0 Å². The standard InChI is InChI=1S/C29H35N7O2/c1-18(2)35-10-12-36(13-11-35)20-8-9-22(26(14-20)38-4)33-27-15-21-24(16-31-17-25(21)34-27)32-23-7-5-6-19(3)28(23)29(30)37/h5-9,14-18,32-34H,10-13H2,1-4H3,(H2,30,37). The van der Waals surface area contributed by atoms with Gasteiger partial charge in [-0.05, 0) is 50.6 Å². The number of H-pyrrole nitrogens is 1. The number of fused-ring (bicyclic) bond motifs is 1. The average Bonchev–Trinajstić information content (AvgIpc) is 3.32. The van der Waals surface area contributed by atoms with Crippen molar-refractivity contribution in [2.75, 3.05) is 48.8 Å². The van der Waals surface area contributed by atoms with Gasteiger partial charge in [0.15, 0.2) is 0 Å². The van der Waals surface area contributed by atoms with Gasteiger partial charge in [0.2, 0.25) is 0 Å². The number of pyridine rings is 1. The van der Waals surface area contributed by atoms with E-state index < -0.39 is 5.91 Å². The van der Waals surface area contributed by atoms with Crippen molar-refractivity contribution in [2.24, 2.45) is 5.73 Å². The number of amides is 1. The van der Waals surface area contributed by atoms with Crippen LogP contribution < -0.4 is 26.0 Å². The molecule has 1 aliphatic heterocycles. The first kappa shape index (κ1) is 25.4. The van der Waals surface area contributed by atoms with Gasteiger partial charge in [-0.15, -0.1) is 0 Å². The summed E-state index contributed by atoms with van der Waals surface area (Å²) in [5.41, 5.74) is 11.2. The predicted octanol–water partition coefficient (Wildman–Crippen LogP) is 5.00. The number of aryl methyl sites for hydroxylation is 1. The highest BCUT2D eigenvalue weighted by Gasteiger charge is 2.20. The maximum absolute atomic E-state index is 12.1. The molecule has 1 fully saturated rings. The summed E-state index contributed by atoms with van der Waals surface area (Å²) in [5, 5.41) is 7.73. The molecule has 0 radical (unpaired) electrons. The normalized spacial score (nSPS) is 14.2. The highest BCUT2D eigenvalue weighted by molar-refractivity contribution is 6.03. The summed E-state index contributed by atoms with van der Waals surface area (Å²) in [7, 11) is 1.69. The third-order valence-electron chi connectivity index (χ3n) is 7.20. The smallest absolute Gasteiger partial charge is 0.251 e. The van der Waals surface area contributed by atoms with E-state index in [1.54, 1.807) is 19.5 Å². The lowest BCUT2D eigenvalue weighted by Gasteiger charge is -2.38. The van der Waals surface area contributed by atoms with E-state index in [0.29, 0.717) is 17.3 Å². The zero-order valence-electron chi connectivity index (χ0n) is 22.3. The first-order valence-corrected chi connectivity index (χ1v) is 12.9. The Morgan fingerprint density at radius 2 is 1.82 bits per heavy atom. The topological polar surface area (TPSA) is 112 Å². The fourth-order valence-corrected chi connectivity index (χ4v) is 5.08. The molecule has 1 aliphatic rings. The number of hydrogen-bond donors (Lipinski definition) is 4. The molecule has 198 valence electrons. The van der Waals surface area contributed by atoms with Gasteiger partial charge in [0.1, 0.15) is 11.6 Å². The van der Waals surface area contributed by atoms with E-state index in [9.17, 15) is 4.79 Å². The van der Waals surface area contributed by atoms with Gasteiger partial charge >= 0.3 is 0 Å². The first-order chi connectivity index (χ1) is 18.3. The van der Waals surface area contributed by atoms with Crippen molar-refractivity contribution in [1.29, 1.82) is 0 Å². The van der Waals surface area contributed by atoms with Gasteiger partial charge in [0, 0.05) is 49.4 Å². The number of benzene rings is 2. The molecule has 0 bridgehead atoms. The Balaban J connectivity index is 1.38. The number of aromatic nitrogens is 2. The summed E-state index contributed by atoms with van der Waals surface area (Å²) in [6, 6.07) is 14.5. The molecule has 3 heterocycles. The lowest BCUT2D eigenvalue weighted by Crippen LogP contribution is -2.48. The first-order valence-electron chi connectivity index (χ1n) is 12.9. The van der Waals surface area contributed by atoms with E-state index in [-0.39, 0.29) is 0 Å². The number of nitrogens with zero attached hydrogens (tertiary/aromatic N) is 3. The Morgan fingerprint density at radius 3 is 2.53 bits per heavy atom. The minimum absolute atomic E-state index is 0.467. The number of aromatic amines is 1. The monoisotopic (exact) mass is 513 g/mol. The van der Waals surface area contributed by atoms with E-state index in [1.165, 1.54) is 0 Å². The van der Waals surface area contributed by atoms with Crippen molar-refractivity contribution in [3.05, 3.63) is 66.0 Å². The number of carbonyl (C=O) groups excluding carboxylic acids is 1. The van der Waals surface area contributed by atoms with Gasteiger partial charge in [0.05, 0.1) is 47.6 Å². The fourth-order valence-electron chi connectivity index (χ4n) is 5.08. The van der Waals surface area contributed by atoms with Gasteiger partial charge in [-0.2, -0.15) is 0 Å². The SMILES string of the molecule is COc1cc(N2CCN(C(C)C)CC2)ccc1Nc1cc2c(Nc3cccc(C)c3C(N)=O)cncc2[nH]1. The summed E-state index contributed by atoms with van der Waals surface area (Å²) in [6.45, 7) is 10.5. The second-order valence-electron chi connectivity index (χ2n) is 9.94. The van der Waals surface area contributed by atoms with Crippen LogP contribution in [0.15, 0.2) is 54.9 Å². The van der Waals surface area contributed by atoms with Crippen molar-refractivity contribution >= 4 is 45.4 Å². The van der Waals surface area contributed by atoms with Crippen LogP contribution in [0.2, 0.25) is 0 Å². The Kier molecular flexibility index (Phi) is 7.11. The summed E-state index contributed by atoms with van der Waals surface area (Å²) in [6.07, 6.45) is 3.51. The van der Waals surface area contributed by atoms with Crippen LogP contribution >= 0.6 is 0 Å². The molecule has 1 amide bonds. The average molecular weight is 514 g/mol. The molecule has 2 aromatic carbocycles. The summed E-state index contributed by atoms with van der Waals surface area (Å²) < 4.78 is 5.75. The van der Waals surface area contributed by atoms with E-state index in [2.05, 4.69) is 62.4 Å². The maximum Gasteiger partial charge on any atom is 0.251 e. The van der Waals surface area contributed by atoms with Crippen molar-refractivity contribution in [2.45, 2.75) is 26.8 Å². The molecule has 0 spiro atoms. The van der Waals surface area contributed by atoms with Crippen molar-refractivity contribution in [3.8, 4) is 5.75 Å². The summed E-state index contributed by atoms with van der Waals surface area (Å²) >= 11 is 0. The van der Waals surface area contributed by atoms with Gasteiger partial charge in [-0.3, -0.25) is 14.7 Å². The van der Waals surface area contributed by atoms with Crippen LogP contribution in [0.5, 0.6) is 5.75 Å². The Hall–Kier alpha value is -4.24. The number of carbonyl (C=O) groups is 1. The van der Waals surface area contributed by atoms with Crippen LogP contribution in [0.25, 0.3) is 10.9 Å². The molecule has 4 aromatic rings. The molecule has 0 aliphatic carbocycles. The van der Waals surface area contributed by atoms with E-state index in [1.807, 2.05) is 31.2 Å². The van der Waals surface area contributed by atoms with Crippen LogP contribution in [-0.4, -0.2) is 60.1 Å². The van der Waals surface area contributed by atoms with Gasteiger partial charge in [0.25, 0.3) is 5.91 Å².